The van der Waals surface area contributed by atoms with E-state index in [1.807, 2.05) is 60.7 Å². The van der Waals surface area contributed by atoms with Crippen molar-refractivity contribution in [3.63, 3.8) is 0 Å². The molecule has 3 nitrogen and oxygen atoms in total. The van der Waals surface area contributed by atoms with Gasteiger partial charge in [0.25, 0.3) is 0 Å². The summed E-state index contributed by atoms with van der Waals surface area (Å²) in [6, 6.07) is 74.0. The van der Waals surface area contributed by atoms with E-state index in [2.05, 4.69) is 146 Å². The largest absolute Gasteiger partial charge is 0.448 e. The average molecular weight is 1030 g/mol. The first kappa shape index (κ1) is 48.0. The number of ether oxygens (including phenoxy) is 1. The molecule has 0 bridgehead atoms. The molecule has 0 amide bonds. The van der Waals surface area contributed by atoms with Crippen molar-refractivity contribution >= 4 is 67.1 Å². The molecule has 4 N–H and O–H groups in total. The number of fused-ring (bicyclic) bond motifs is 2. The monoisotopic (exact) mass is 1030 g/mol. The van der Waals surface area contributed by atoms with Crippen LogP contribution in [0, 0.1) is 0 Å². The van der Waals surface area contributed by atoms with Crippen molar-refractivity contribution in [2.24, 2.45) is 11.5 Å². The van der Waals surface area contributed by atoms with Gasteiger partial charge in [-0.05, 0) is 134 Å². The van der Waals surface area contributed by atoms with E-state index in [0.29, 0.717) is 0 Å². The Hall–Kier alpha value is -4.46. The molecule has 0 fully saturated rings. The standard InChI is InChI=1S/C44H40OP2.C14H16N2.2ClH.Ru/c1-5-19-35(20-6-1)46(36-21-7-2-8-22-36)41-31-29-33-17-13-15-27-39(33)43(41)45-44-40-28-16-14-18-34(40)30-32-42(44)47(37-23-9-3-10-24-37)38-25-11-4-12-26-38;15-13(11-7-3-1-4-8-11)14(16)12-9-5-2-6-10-12;;;/h1-12,19-26,29-32H,13-18,27-28H2;1-10,13-14H,15-16H2;2*1H;/q;;;;+4. The first-order chi connectivity index (χ1) is 32.6. The zero-order valence-electron chi connectivity index (χ0n) is 37.1. The maximum atomic E-state index is 7.74. The smallest absolute Gasteiger partial charge is 0.173 e. The molecule has 8 heteroatoms. The molecular formula is C58H58Cl2N2OP2Ru+4. The van der Waals surface area contributed by atoms with Crippen LogP contribution >= 0.6 is 35.2 Å². The number of hydrogen-bond donors (Lipinski definition) is 2. The fourth-order valence-electron chi connectivity index (χ4n) is 9.46. The van der Waals surface area contributed by atoms with E-state index >= 15 is 0 Å². The van der Waals surface area contributed by atoms with Gasteiger partial charge in [0.05, 0.1) is 0 Å². The summed E-state index contributed by atoms with van der Waals surface area (Å²) in [4.78, 5) is 0. The van der Waals surface area contributed by atoms with Crippen LogP contribution in [0.4, 0.5) is 0 Å². The minimum Gasteiger partial charge on any atom is -0.448 e. The minimum atomic E-state index is -1.33. The fraction of sp³-hybridized carbons (Fsp3) is 0.172. The summed E-state index contributed by atoms with van der Waals surface area (Å²) in [5.41, 5.74) is 20.3. The summed E-state index contributed by atoms with van der Waals surface area (Å²) >= 11 is -0.346. The van der Waals surface area contributed by atoms with Gasteiger partial charge in [0.1, 0.15) is 47.7 Å². The summed E-state index contributed by atoms with van der Waals surface area (Å²) < 4.78 is 7.74. The molecule has 2 atom stereocenters. The maximum absolute atomic E-state index is 7.74. The van der Waals surface area contributed by atoms with E-state index in [0.717, 1.165) is 48.3 Å². The van der Waals surface area contributed by atoms with Gasteiger partial charge in [0, 0.05) is 23.2 Å². The normalized spacial score (nSPS) is 13.8. The molecule has 0 heterocycles. The van der Waals surface area contributed by atoms with Gasteiger partial charge in [-0.3, -0.25) is 0 Å². The molecule has 8 aromatic carbocycles. The molecule has 2 aliphatic carbocycles. The van der Waals surface area contributed by atoms with Crippen LogP contribution < -0.4 is 48.0 Å². The van der Waals surface area contributed by atoms with Crippen LogP contribution in [-0.4, -0.2) is 0 Å². The van der Waals surface area contributed by atoms with Gasteiger partial charge < -0.3 is 16.2 Å². The molecule has 66 heavy (non-hydrogen) atoms. The number of rotatable bonds is 11. The molecule has 8 aromatic rings. The zero-order chi connectivity index (χ0) is 45.5. The van der Waals surface area contributed by atoms with Crippen molar-refractivity contribution in [1.29, 1.82) is 0 Å². The second-order valence-corrected chi connectivity index (χ2v) is 24.3. The molecular weight excluding hydrogens is 975 g/mol. The number of benzene rings is 8. The van der Waals surface area contributed by atoms with Gasteiger partial charge in [-0.15, -0.1) is 0 Å². The summed E-state index contributed by atoms with van der Waals surface area (Å²) in [6.07, 6.45) is 9.36. The van der Waals surface area contributed by atoms with Crippen LogP contribution in [0.25, 0.3) is 0 Å². The summed E-state index contributed by atoms with van der Waals surface area (Å²) in [7, 11) is 7.04. The van der Waals surface area contributed by atoms with Gasteiger partial charge in [0.2, 0.25) is 0 Å². The van der Waals surface area contributed by atoms with Crippen molar-refractivity contribution in [3.05, 3.63) is 240 Å². The third-order valence-electron chi connectivity index (χ3n) is 12.7. The fourth-order valence-corrected chi connectivity index (χ4v) is 14.8. The van der Waals surface area contributed by atoms with Crippen LogP contribution in [0.3, 0.4) is 0 Å². The molecule has 2 unspecified atom stereocenters. The van der Waals surface area contributed by atoms with E-state index in [-0.39, 0.29) is 27.2 Å². The third-order valence-corrected chi connectivity index (χ3v) is 18.2. The Labute approximate surface area is 410 Å². The van der Waals surface area contributed by atoms with Crippen molar-refractivity contribution < 1.29 is 19.9 Å². The van der Waals surface area contributed by atoms with Gasteiger partial charge in [0.15, 0.2) is 11.5 Å². The van der Waals surface area contributed by atoms with Crippen LogP contribution in [-0.2, 0) is 40.8 Å². The molecule has 0 saturated heterocycles. The Bertz CT molecular complexity index is 2450. The number of halogens is 2. The van der Waals surface area contributed by atoms with Gasteiger partial charge in [-0.1, -0.05) is 146 Å². The number of nitrogens with two attached hydrogens (primary N) is 2. The quantitative estimate of drug-likeness (QED) is 0.100. The molecule has 0 saturated carbocycles. The Morgan fingerprint density at radius 1 is 0.379 bits per heavy atom. The van der Waals surface area contributed by atoms with E-state index in [4.69, 9.17) is 35.6 Å². The molecule has 0 radical (unpaired) electrons. The van der Waals surface area contributed by atoms with Gasteiger partial charge in [-0.2, -0.15) is 0 Å². The van der Waals surface area contributed by atoms with Crippen LogP contribution in [0.15, 0.2) is 206 Å². The molecule has 0 aromatic heterocycles. The number of aryl methyl sites for hydroxylation is 2. The second kappa shape index (κ2) is 24.5. The SMILES string of the molecule is NC(c1ccccc1)C(N)c1ccccc1.[Cl][Ru+2][Cl].c1ccc([PH+](c2ccccc2)c2ccc3c(c2Oc2c([PH+](c4ccccc4)c4ccccc4)ccc4c2CCCC4)CCCC3)cc1. The predicted octanol–water partition coefficient (Wildman–Crippen LogP) is 12.0. The minimum absolute atomic E-state index is 0.163. The van der Waals surface area contributed by atoms with Gasteiger partial charge >= 0.3 is 34.5 Å². The molecule has 334 valence electrons. The van der Waals surface area contributed by atoms with Crippen LogP contribution in [0.2, 0.25) is 0 Å². The van der Waals surface area contributed by atoms with Crippen molar-refractivity contribution in [1.82, 2.24) is 0 Å². The topological polar surface area (TPSA) is 61.3 Å². The van der Waals surface area contributed by atoms with Gasteiger partial charge in [-0.25, -0.2) is 0 Å². The predicted molar refractivity (Wildman–Crippen MR) is 285 cm³/mol. The van der Waals surface area contributed by atoms with Crippen LogP contribution in [0.1, 0.15) is 71.1 Å². The van der Waals surface area contributed by atoms with E-state index < -0.39 is 15.8 Å². The van der Waals surface area contributed by atoms with Crippen molar-refractivity contribution in [2.45, 2.75) is 63.5 Å². The molecule has 0 spiro atoms. The van der Waals surface area contributed by atoms with Crippen molar-refractivity contribution in [2.75, 3.05) is 0 Å². The van der Waals surface area contributed by atoms with Crippen molar-refractivity contribution in [3.8, 4) is 11.5 Å². The Morgan fingerprint density at radius 3 is 0.955 bits per heavy atom. The third kappa shape index (κ3) is 11.8. The Balaban J connectivity index is 0.000000261. The van der Waals surface area contributed by atoms with Crippen LogP contribution in [0.5, 0.6) is 11.5 Å². The maximum Gasteiger partial charge on any atom is 0.173 e. The molecule has 10 rings (SSSR count). The summed E-state index contributed by atoms with van der Waals surface area (Å²) in [6.45, 7) is 0. The number of hydrogen-bond acceptors (Lipinski definition) is 3. The molecule has 2 aliphatic rings. The first-order valence-electron chi connectivity index (χ1n) is 23.0. The summed E-state index contributed by atoms with van der Waals surface area (Å²) in [5.74, 6) is 2.29. The first-order valence-corrected chi connectivity index (χ1v) is 30.4. The van der Waals surface area contributed by atoms with E-state index in [1.165, 1.54) is 79.8 Å². The summed E-state index contributed by atoms with van der Waals surface area (Å²) in [5, 5.41) is 8.35. The Kier molecular flexibility index (Phi) is 17.8. The Morgan fingerprint density at radius 2 is 0.652 bits per heavy atom. The molecule has 0 aliphatic heterocycles. The van der Waals surface area contributed by atoms with E-state index in [9.17, 15) is 0 Å². The zero-order valence-corrected chi connectivity index (χ0v) is 42.4. The average Bonchev–Trinajstić information content (AvgIpc) is 3.39. The second-order valence-electron chi connectivity index (χ2n) is 16.8. The van der Waals surface area contributed by atoms with E-state index in [1.54, 1.807) is 0 Å².